The molecule has 5 rings (SSSR count). The molecule has 0 atom stereocenters. The van der Waals surface area contributed by atoms with Crippen molar-refractivity contribution >= 4 is 28.3 Å². The van der Waals surface area contributed by atoms with Crippen molar-refractivity contribution in [2.75, 3.05) is 11.5 Å². The van der Waals surface area contributed by atoms with E-state index in [1.807, 2.05) is 10.6 Å². The first kappa shape index (κ1) is 12.4. The Bertz CT molecular complexity index is 1060. The fraction of sp³-hybridized carbons (Fsp3) is 0.200. The van der Waals surface area contributed by atoms with Crippen molar-refractivity contribution in [1.82, 2.24) is 28.9 Å². The normalized spacial score (nSPS) is 14.8. The number of hydrogen-bond donors (Lipinski definition) is 2. The number of fused-ring (bicyclic) bond motifs is 2. The molecule has 0 amide bonds. The van der Waals surface area contributed by atoms with E-state index in [0.717, 1.165) is 35.1 Å². The first-order valence-corrected chi connectivity index (χ1v) is 7.43. The number of nitrogens with two attached hydrogens (primary N) is 2. The van der Waals surface area contributed by atoms with Crippen LogP contribution in [0, 0.1) is 0 Å². The molecule has 114 valence electrons. The predicted molar refractivity (Wildman–Crippen MR) is 86.6 cm³/mol. The number of anilines is 2. The lowest BCUT2D eigenvalue weighted by Gasteiger charge is -2.06. The zero-order valence-electron chi connectivity index (χ0n) is 12.2. The van der Waals surface area contributed by atoms with Crippen LogP contribution in [0.1, 0.15) is 18.9 Å². The Morgan fingerprint density at radius 1 is 1.00 bits per heavy atom. The van der Waals surface area contributed by atoms with Gasteiger partial charge in [-0.25, -0.2) is 19.9 Å². The van der Waals surface area contributed by atoms with Crippen LogP contribution in [-0.4, -0.2) is 28.9 Å². The highest BCUT2D eigenvalue weighted by atomic mass is 15.1. The van der Waals surface area contributed by atoms with E-state index in [9.17, 15) is 0 Å². The van der Waals surface area contributed by atoms with Gasteiger partial charge < -0.3 is 16.0 Å². The van der Waals surface area contributed by atoms with E-state index in [4.69, 9.17) is 11.5 Å². The van der Waals surface area contributed by atoms with Gasteiger partial charge in [0.05, 0.1) is 17.3 Å². The van der Waals surface area contributed by atoms with Crippen LogP contribution in [0.3, 0.4) is 0 Å². The topological polar surface area (TPSA) is 113 Å². The summed E-state index contributed by atoms with van der Waals surface area (Å²) in [6.45, 7) is 0. The maximum Gasteiger partial charge on any atom is 0.180 e. The summed E-state index contributed by atoms with van der Waals surface area (Å²) >= 11 is 0. The molecular weight excluding hydrogens is 292 g/mol. The molecule has 1 aliphatic carbocycles. The summed E-state index contributed by atoms with van der Waals surface area (Å²) in [7, 11) is 0. The smallest absolute Gasteiger partial charge is 0.180 e. The summed E-state index contributed by atoms with van der Waals surface area (Å²) in [5.74, 6) is 0.864. The quantitative estimate of drug-likeness (QED) is 0.582. The third-order valence-corrected chi connectivity index (χ3v) is 4.31. The highest BCUT2D eigenvalue weighted by Gasteiger charge is 2.28. The van der Waals surface area contributed by atoms with Crippen molar-refractivity contribution in [2.45, 2.75) is 18.9 Å². The van der Waals surface area contributed by atoms with Crippen LogP contribution in [0.4, 0.5) is 11.6 Å². The van der Waals surface area contributed by atoms with Crippen LogP contribution < -0.4 is 11.5 Å². The second-order valence-corrected chi connectivity index (χ2v) is 5.79. The van der Waals surface area contributed by atoms with Gasteiger partial charge in [-0.2, -0.15) is 0 Å². The van der Waals surface area contributed by atoms with Crippen molar-refractivity contribution in [3.8, 4) is 11.3 Å². The summed E-state index contributed by atoms with van der Waals surface area (Å²) in [4.78, 5) is 17.1. The molecule has 0 radical (unpaired) electrons. The summed E-state index contributed by atoms with van der Waals surface area (Å²) in [5, 5.41) is 0.848. The van der Waals surface area contributed by atoms with Gasteiger partial charge in [0, 0.05) is 30.2 Å². The molecular formula is C15H14N8. The van der Waals surface area contributed by atoms with Gasteiger partial charge in [0.1, 0.15) is 17.8 Å². The molecule has 0 bridgehead atoms. The second-order valence-electron chi connectivity index (χ2n) is 5.79. The molecule has 0 saturated heterocycles. The van der Waals surface area contributed by atoms with Gasteiger partial charge in [0.2, 0.25) is 0 Å². The van der Waals surface area contributed by atoms with Crippen molar-refractivity contribution in [2.24, 2.45) is 0 Å². The van der Waals surface area contributed by atoms with E-state index in [-0.39, 0.29) is 0 Å². The molecule has 1 aliphatic rings. The number of imidazole rings is 1. The summed E-state index contributed by atoms with van der Waals surface area (Å²) in [6, 6.07) is 0.487. The third kappa shape index (κ3) is 1.65. The number of hydrogen-bond acceptors (Lipinski definition) is 6. The second kappa shape index (κ2) is 4.19. The van der Waals surface area contributed by atoms with Crippen molar-refractivity contribution in [1.29, 1.82) is 0 Å². The monoisotopic (exact) mass is 306 g/mol. The van der Waals surface area contributed by atoms with Crippen molar-refractivity contribution in [3.63, 3.8) is 0 Å². The zero-order valence-corrected chi connectivity index (χ0v) is 12.2. The van der Waals surface area contributed by atoms with Crippen molar-refractivity contribution in [3.05, 3.63) is 31.1 Å². The van der Waals surface area contributed by atoms with Gasteiger partial charge in [-0.05, 0) is 12.8 Å². The molecule has 0 aliphatic heterocycles. The fourth-order valence-electron chi connectivity index (χ4n) is 3.07. The highest BCUT2D eigenvalue weighted by molar-refractivity contribution is 6.00. The zero-order chi connectivity index (χ0) is 15.6. The van der Waals surface area contributed by atoms with Crippen LogP contribution in [-0.2, 0) is 0 Å². The minimum Gasteiger partial charge on any atom is -0.383 e. The van der Waals surface area contributed by atoms with E-state index >= 15 is 0 Å². The van der Waals surface area contributed by atoms with Gasteiger partial charge in [0.15, 0.2) is 11.5 Å². The number of aromatic nitrogens is 6. The van der Waals surface area contributed by atoms with E-state index in [1.165, 1.54) is 6.33 Å². The van der Waals surface area contributed by atoms with Crippen LogP contribution in [0.5, 0.6) is 0 Å². The Kier molecular flexibility index (Phi) is 2.26. The predicted octanol–water partition coefficient (Wildman–Crippen LogP) is 1.64. The lowest BCUT2D eigenvalue weighted by Crippen LogP contribution is -1.99. The lowest BCUT2D eigenvalue weighted by molar-refractivity contribution is 0.766. The first-order chi connectivity index (χ1) is 11.2. The Labute approximate surface area is 130 Å². The van der Waals surface area contributed by atoms with Gasteiger partial charge in [0.25, 0.3) is 0 Å². The molecule has 4 aromatic rings. The average Bonchev–Trinajstić information content (AvgIpc) is 3.12. The SMILES string of the molecule is Nc1ncnc2c1c(-c1cnc(N)c3nccn13)cn2C1CC1. The molecule has 0 aromatic carbocycles. The summed E-state index contributed by atoms with van der Waals surface area (Å²) in [5.41, 5.74) is 15.4. The van der Waals surface area contributed by atoms with Gasteiger partial charge >= 0.3 is 0 Å². The van der Waals surface area contributed by atoms with Crippen molar-refractivity contribution < 1.29 is 0 Å². The Morgan fingerprint density at radius 2 is 1.87 bits per heavy atom. The Balaban J connectivity index is 1.89. The number of nitrogens with zero attached hydrogens (tertiary/aromatic N) is 6. The molecule has 0 spiro atoms. The minimum atomic E-state index is 0.397. The number of nitrogen functional groups attached to an aromatic ring is 2. The van der Waals surface area contributed by atoms with E-state index in [2.05, 4.69) is 30.7 Å². The maximum absolute atomic E-state index is 6.14. The van der Waals surface area contributed by atoms with E-state index in [1.54, 1.807) is 12.4 Å². The van der Waals surface area contributed by atoms with Gasteiger partial charge in [-0.1, -0.05) is 0 Å². The summed E-state index contributed by atoms with van der Waals surface area (Å²) < 4.78 is 4.10. The van der Waals surface area contributed by atoms with Crippen LogP contribution >= 0.6 is 0 Å². The average molecular weight is 306 g/mol. The largest absolute Gasteiger partial charge is 0.383 e. The van der Waals surface area contributed by atoms with Crippen LogP contribution in [0.25, 0.3) is 27.9 Å². The highest BCUT2D eigenvalue weighted by Crippen LogP contribution is 2.41. The first-order valence-electron chi connectivity index (χ1n) is 7.43. The van der Waals surface area contributed by atoms with E-state index in [0.29, 0.717) is 23.3 Å². The Morgan fingerprint density at radius 3 is 2.70 bits per heavy atom. The lowest BCUT2D eigenvalue weighted by atomic mass is 10.1. The number of rotatable bonds is 2. The molecule has 1 saturated carbocycles. The fourth-order valence-corrected chi connectivity index (χ4v) is 3.07. The molecule has 8 nitrogen and oxygen atoms in total. The third-order valence-electron chi connectivity index (χ3n) is 4.31. The molecule has 8 heteroatoms. The molecule has 4 heterocycles. The Hall–Kier alpha value is -3.16. The molecule has 23 heavy (non-hydrogen) atoms. The standard InChI is InChI=1S/C15H14N8/c16-12-11-9(6-23(8-1-2-8)14(11)21-7-20-12)10-5-19-13(17)15-18-3-4-22(10)15/h3-8H,1-2H2,(H2,17,19)(H2,16,20,21). The van der Waals surface area contributed by atoms with Crippen LogP contribution in [0.2, 0.25) is 0 Å². The minimum absolute atomic E-state index is 0.397. The molecule has 0 unspecified atom stereocenters. The molecule has 4 aromatic heterocycles. The summed E-state index contributed by atoms with van der Waals surface area (Å²) in [6.07, 6.45) is 11.2. The van der Waals surface area contributed by atoms with Gasteiger partial charge in [-0.15, -0.1) is 0 Å². The molecule has 1 fully saturated rings. The van der Waals surface area contributed by atoms with Crippen LogP contribution in [0.15, 0.2) is 31.1 Å². The van der Waals surface area contributed by atoms with E-state index < -0.39 is 0 Å². The molecule has 4 N–H and O–H groups in total. The van der Waals surface area contributed by atoms with Gasteiger partial charge in [-0.3, -0.25) is 4.40 Å². The maximum atomic E-state index is 6.14.